The number of fused-ring (bicyclic) bond motifs is 1. The molecule has 4 aromatic carbocycles. The van der Waals surface area contributed by atoms with Crippen LogP contribution in [0.1, 0.15) is 0 Å². The molecule has 190 valence electrons. The fraction of sp³-hybridized carbons (Fsp3) is 0. The van der Waals surface area contributed by atoms with E-state index in [1.807, 2.05) is 60.8 Å². The van der Waals surface area contributed by atoms with Gasteiger partial charge in [0.25, 0.3) is 0 Å². The molecule has 5 nitrogen and oxygen atoms in total. The summed E-state index contributed by atoms with van der Waals surface area (Å²) >= 11 is 0. The van der Waals surface area contributed by atoms with Gasteiger partial charge in [0.15, 0.2) is 5.82 Å². The average Bonchev–Trinajstić information content (AvgIpc) is 3.42. The van der Waals surface area contributed by atoms with Crippen LogP contribution in [-0.4, -0.2) is 24.6 Å². The summed E-state index contributed by atoms with van der Waals surface area (Å²) < 4.78 is 2.05. The lowest BCUT2D eigenvalue weighted by Crippen LogP contribution is -1.98. The highest BCUT2D eigenvalue weighted by molar-refractivity contribution is 5.96. The Hall–Kier alpha value is -5.55. The molecule has 5 heteroatoms. The molecule has 40 heavy (non-hydrogen) atoms. The van der Waals surface area contributed by atoms with E-state index in [1.165, 1.54) is 0 Å². The number of aromatic hydroxyl groups is 1. The van der Waals surface area contributed by atoms with Crippen molar-refractivity contribution >= 4 is 11.0 Å². The van der Waals surface area contributed by atoms with E-state index in [2.05, 4.69) is 70.2 Å². The van der Waals surface area contributed by atoms with Gasteiger partial charge in [-0.1, -0.05) is 84.9 Å². The van der Waals surface area contributed by atoms with Crippen LogP contribution in [0.15, 0.2) is 140 Å². The van der Waals surface area contributed by atoms with Crippen LogP contribution < -0.4 is 0 Å². The smallest absolute Gasteiger partial charge is 0.168 e. The minimum absolute atomic E-state index is 0.0866. The molecule has 3 aromatic heterocycles. The third kappa shape index (κ3) is 4.20. The molecule has 7 rings (SSSR count). The number of hydrogen-bond acceptors (Lipinski definition) is 4. The van der Waals surface area contributed by atoms with E-state index in [0.717, 1.165) is 50.2 Å². The lowest BCUT2D eigenvalue weighted by molar-refractivity contribution is 0.474. The number of rotatable bonds is 5. The van der Waals surface area contributed by atoms with Crippen molar-refractivity contribution in [3.05, 3.63) is 140 Å². The minimum atomic E-state index is 0.0866. The number of imidazole rings is 1. The van der Waals surface area contributed by atoms with Crippen LogP contribution in [0.5, 0.6) is 5.75 Å². The maximum absolute atomic E-state index is 10.7. The molecule has 0 unspecified atom stereocenters. The highest BCUT2D eigenvalue weighted by atomic mass is 16.3. The Balaban J connectivity index is 1.36. The van der Waals surface area contributed by atoms with Gasteiger partial charge >= 0.3 is 0 Å². The molecule has 3 heterocycles. The summed E-state index contributed by atoms with van der Waals surface area (Å²) in [5.74, 6) is 0.671. The predicted octanol–water partition coefficient (Wildman–Crippen LogP) is 8.19. The summed E-state index contributed by atoms with van der Waals surface area (Å²) in [6.07, 6.45) is 3.59. The van der Waals surface area contributed by atoms with E-state index in [1.54, 1.807) is 18.3 Å². The molecule has 0 aliphatic heterocycles. The molecule has 0 spiro atoms. The van der Waals surface area contributed by atoms with Gasteiger partial charge in [0.05, 0.1) is 16.7 Å². The molecule has 7 aromatic rings. The summed E-state index contributed by atoms with van der Waals surface area (Å²) in [5.41, 5.74) is 9.33. The zero-order chi connectivity index (χ0) is 26.9. The SMILES string of the molecule is Oc1cccnc1-c1nc2c(-c3cccc(-c4ccc(-c5ccccc5)cn4)c3)cccc2n1-c1ccccc1. The topological polar surface area (TPSA) is 63.8 Å². The van der Waals surface area contributed by atoms with Crippen LogP contribution in [0.3, 0.4) is 0 Å². The summed E-state index contributed by atoms with van der Waals surface area (Å²) in [4.78, 5) is 14.3. The molecule has 0 aliphatic rings. The van der Waals surface area contributed by atoms with Crippen LogP contribution in [0.4, 0.5) is 0 Å². The molecular formula is C35H24N4O. The minimum Gasteiger partial charge on any atom is -0.506 e. The highest BCUT2D eigenvalue weighted by Gasteiger charge is 2.20. The molecule has 0 atom stereocenters. The number of benzene rings is 4. The van der Waals surface area contributed by atoms with E-state index in [9.17, 15) is 5.11 Å². The van der Waals surface area contributed by atoms with E-state index >= 15 is 0 Å². The first-order valence-electron chi connectivity index (χ1n) is 13.1. The highest BCUT2D eigenvalue weighted by Crippen LogP contribution is 2.37. The van der Waals surface area contributed by atoms with Crippen molar-refractivity contribution in [3.8, 4) is 56.5 Å². The standard InChI is InChI=1S/C35H24N4O/c40-32-18-9-21-36-34(32)35-38-33-29(16-8-17-31(33)39(35)28-14-5-2-6-15-28)25-12-7-13-26(22-25)30-20-19-27(23-37-30)24-10-3-1-4-11-24/h1-23,40H. The Morgan fingerprint density at radius 1 is 0.575 bits per heavy atom. The Labute approximate surface area is 231 Å². The van der Waals surface area contributed by atoms with Crippen molar-refractivity contribution in [3.63, 3.8) is 0 Å². The van der Waals surface area contributed by atoms with Gasteiger partial charge in [-0.3, -0.25) is 9.55 Å². The summed E-state index contributed by atoms with van der Waals surface area (Å²) in [7, 11) is 0. The zero-order valence-electron chi connectivity index (χ0n) is 21.5. The summed E-state index contributed by atoms with van der Waals surface area (Å²) in [6, 6.07) is 42.4. The fourth-order valence-corrected chi connectivity index (χ4v) is 5.11. The Morgan fingerprint density at radius 3 is 2.10 bits per heavy atom. The lowest BCUT2D eigenvalue weighted by atomic mass is 9.99. The quantitative estimate of drug-likeness (QED) is 0.250. The van der Waals surface area contributed by atoms with E-state index in [0.29, 0.717) is 11.5 Å². The number of aromatic nitrogens is 4. The van der Waals surface area contributed by atoms with E-state index in [-0.39, 0.29) is 5.75 Å². The van der Waals surface area contributed by atoms with Gasteiger partial charge in [-0.2, -0.15) is 0 Å². The van der Waals surface area contributed by atoms with Crippen LogP contribution in [-0.2, 0) is 0 Å². The average molecular weight is 517 g/mol. The van der Waals surface area contributed by atoms with Crippen molar-refractivity contribution in [1.82, 2.24) is 19.5 Å². The second kappa shape index (κ2) is 9.97. The van der Waals surface area contributed by atoms with Crippen molar-refractivity contribution in [2.75, 3.05) is 0 Å². The number of pyridine rings is 2. The van der Waals surface area contributed by atoms with Crippen LogP contribution in [0, 0.1) is 0 Å². The molecular weight excluding hydrogens is 492 g/mol. The number of nitrogens with zero attached hydrogens (tertiary/aromatic N) is 4. The van der Waals surface area contributed by atoms with Gasteiger partial charge in [0.2, 0.25) is 0 Å². The predicted molar refractivity (Wildman–Crippen MR) is 160 cm³/mol. The van der Waals surface area contributed by atoms with Gasteiger partial charge in [0.1, 0.15) is 11.4 Å². The Kier molecular flexibility index (Phi) is 5.87. The molecule has 1 N–H and O–H groups in total. The molecule has 0 fully saturated rings. The zero-order valence-corrected chi connectivity index (χ0v) is 21.5. The molecule has 0 saturated carbocycles. The van der Waals surface area contributed by atoms with E-state index in [4.69, 9.17) is 9.97 Å². The van der Waals surface area contributed by atoms with Gasteiger partial charge in [0, 0.05) is 34.8 Å². The first kappa shape index (κ1) is 23.6. The molecule has 0 aliphatic carbocycles. The molecule has 0 radical (unpaired) electrons. The van der Waals surface area contributed by atoms with Gasteiger partial charge in [-0.05, 0) is 53.6 Å². The van der Waals surface area contributed by atoms with Gasteiger partial charge < -0.3 is 5.11 Å². The molecule has 0 bridgehead atoms. The third-order valence-electron chi connectivity index (χ3n) is 7.04. The molecule has 0 saturated heterocycles. The lowest BCUT2D eigenvalue weighted by Gasteiger charge is -2.10. The van der Waals surface area contributed by atoms with Crippen LogP contribution in [0.2, 0.25) is 0 Å². The molecule has 0 amide bonds. The number of hydrogen-bond donors (Lipinski definition) is 1. The second-order valence-corrected chi connectivity index (χ2v) is 9.53. The number of para-hydroxylation sites is 2. The van der Waals surface area contributed by atoms with Crippen LogP contribution in [0.25, 0.3) is 61.8 Å². The van der Waals surface area contributed by atoms with Gasteiger partial charge in [-0.25, -0.2) is 9.97 Å². The van der Waals surface area contributed by atoms with Crippen molar-refractivity contribution < 1.29 is 5.11 Å². The summed E-state index contributed by atoms with van der Waals surface area (Å²) in [5, 5.41) is 10.7. The van der Waals surface area contributed by atoms with Crippen molar-refractivity contribution in [1.29, 1.82) is 0 Å². The second-order valence-electron chi connectivity index (χ2n) is 9.53. The largest absolute Gasteiger partial charge is 0.506 e. The van der Waals surface area contributed by atoms with E-state index < -0.39 is 0 Å². The normalized spacial score (nSPS) is 11.1. The van der Waals surface area contributed by atoms with Crippen molar-refractivity contribution in [2.45, 2.75) is 0 Å². The first-order chi connectivity index (χ1) is 19.8. The Bertz CT molecular complexity index is 1950. The maximum Gasteiger partial charge on any atom is 0.168 e. The van der Waals surface area contributed by atoms with Crippen molar-refractivity contribution in [2.24, 2.45) is 0 Å². The fourth-order valence-electron chi connectivity index (χ4n) is 5.11. The monoisotopic (exact) mass is 516 g/mol. The third-order valence-corrected chi connectivity index (χ3v) is 7.04. The summed E-state index contributed by atoms with van der Waals surface area (Å²) in [6.45, 7) is 0. The maximum atomic E-state index is 10.7. The Morgan fingerprint density at radius 2 is 1.32 bits per heavy atom. The van der Waals surface area contributed by atoms with Crippen LogP contribution >= 0.6 is 0 Å². The van der Waals surface area contributed by atoms with Gasteiger partial charge in [-0.15, -0.1) is 0 Å². The first-order valence-corrected chi connectivity index (χ1v) is 13.1.